The molecule has 1 aliphatic rings. The van der Waals surface area contributed by atoms with Gasteiger partial charge in [0.1, 0.15) is 11.7 Å². The van der Waals surface area contributed by atoms with E-state index in [1.54, 1.807) is 24.3 Å². The number of nitrogens with zero attached hydrogens (tertiary/aromatic N) is 3. The van der Waals surface area contributed by atoms with Gasteiger partial charge in [0.25, 0.3) is 5.91 Å². The number of benzene rings is 1. The second-order valence-electron chi connectivity index (χ2n) is 5.20. The van der Waals surface area contributed by atoms with Gasteiger partial charge in [-0.2, -0.15) is 10.5 Å². The molecule has 23 heavy (non-hydrogen) atoms. The average molecular weight is 310 g/mol. The molecule has 1 saturated heterocycles. The molecule has 6 nitrogen and oxygen atoms in total. The molecular weight excluding hydrogens is 292 g/mol. The summed E-state index contributed by atoms with van der Waals surface area (Å²) in [6, 6.07) is 11.1. The van der Waals surface area contributed by atoms with Gasteiger partial charge in [0, 0.05) is 23.7 Å². The minimum Gasteiger partial charge on any atom is -0.496 e. The molecule has 6 heteroatoms. The Hall–Kier alpha value is -2.99. The van der Waals surface area contributed by atoms with Gasteiger partial charge in [-0.25, -0.2) is 0 Å². The normalized spacial score (nSPS) is 18.3. The molecule has 1 aromatic rings. The van der Waals surface area contributed by atoms with Crippen LogP contribution in [0.2, 0.25) is 0 Å². The van der Waals surface area contributed by atoms with Gasteiger partial charge in [0.15, 0.2) is 0 Å². The Kier molecular flexibility index (Phi) is 4.88. The van der Waals surface area contributed by atoms with Gasteiger partial charge < -0.3 is 4.74 Å². The molecule has 1 heterocycles. The lowest BCUT2D eigenvalue weighted by atomic mass is 9.76. The number of rotatable bonds is 5. The van der Waals surface area contributed by atoms with Crippen LogP contribution in [0.3, 0.4) is 0 Å². The van der Waals surface area contributed by atoms with Crippen LogP contribution in [0.4, 0.5) is 0 Å². The molecule has 2 rings (SSSR count). The lowest BCUT2D eigenvalue weighted by Crippen LogP contribution is -2.35. The molecule has 0 aliphatic carbocycles. The van der Waals surface area contributed by atoms with Gasteiger partial charge in [-0.3, -0.25) is 15.2 Å². The molecule has 0 aromatic heterocycles. The number of hydrogen-bond acceptors (Lipinski definition) is 5. The Morgan fingerprint density at radius 1 is 1.39 bits per heavy atom. The molecule has 0 unspecified atom stereocenters. The predicted molar refractivity (Wildman–Crippen MR) is 83.6 cm³/mol. The fraction of sp³-hybridized carbons (Fsp3) is 0.353. The zero-order chi connectivity index (χ0) is 17.0. The number of hydrogen-bond donors (Lipinski definition) is 1. The topological polar surface area (TPSA) is 89.2 Å². The molecule has 1 aromatic carbocycles. The van der Waals surface area contributed by atoms with Crippen molar-refractivity contribution in [1.29, 1.82) is 10.5 Å². The number of para-hydroxylation sites is 1. The van der Waals surface area contributed by atoms with Crippen molar-refractivity contribution in [2.45, 2.75) is 12.8 Å². The number of carbonyl (C=O) groups is 1. The summed E-state index contributed by atoms with van der Waals surface area (Å²) in [6.07, 6.45) is 0. The zero-order valence-electron chi connectivity index (χ0n) is 13.1. The first kappa shape index (κ1) is 16.4. The summed E-state index contributed by atoms with van der Waals surface area (Å²) < 4.78 is 5.35. The number of hydrazine groups is 1. The largest absolute Gasteiger partial charge is 0.496 e. The van der Waals surface area contributed by atoms with E-state index < -0.39 is 17.8 Å². The summed E-state index contributed by atoms with van der Waals surface area (Å²) in [5.41, 5.74) is 4.07. The van der Waals surface area contributed by atoms with Crippen molar-refractivity contribution in [2.24, 2.45) is 11.8 Å². The van der Waals surface area contributed by atoms with E-state index in [0.717, 1.165) is 0 Å². The van der Waals surface area contributed by atoms with E-state index in [2.05, 4.69) is 12.0 Å². The van der Waals surface area contributed by atoms with Crippen LogP contribution in [0.25, 0.3) is 0 Å². The second-order valence-corrected chi connectivity index (χ2v) is 5.20. The molecule has 0 radical (unpaired) electrons. The van der Waals surface area contributed by atoms with Crippen molar-refractivity contribution in [2.75, 3.05) is 13.7 Å². The maximum atomic E-state index is 12.6. The highest BCUT2D eigenvalue weighted by Crippen LogP contribution is 2.42. The first-order valence-electron chi connectivity index (χ1n) is 7.28. The molecule has 118 valence electrons. The van der Waals surface area contributed by atoms with Gasteiger partial charge >= 0.3 is 0 Å². The lowest BCUT2D eigenvalue weighted by Gasteiger charge is -2.24. The molecule has 0 bridgehead atoms. The van der Waals surface area contributed by atoms with Crippen molar-refractivity contribution in [3.8, 4) is 17.9 Å². The lowest BCUT2D eigenvalue weighted by molar-refractivity contribution is -0.132. The molecule has 0 spiro atoms. The van der Waals surface area contributed by atoms with Crippen LogP contribution in [0.5, 0.6) is 5.75 Å². The molecule has 1 fully saturated rings. The van der Waals surface area contributed by atoms with Crippen LogP contribution in [-0.4, -0.2) is 24.6 Å². The second kappa shape index (κ2) is 6.85. The predicted octanol–water partition coefficient (Wildman–Crippen LogP) is 1.94. The van der Waals surface area contributed by atoms with E-state index in [4.69, 9.17) is 4.74 Å². The fourth-order valence-electron chi connectivity index (χ4n) is 2.90. The molecule has 1 amide bonds. The highest BCUT2D eigenvalue weighted by Gasteiger charge is 2.45. The third kappa shape index (κ3) is 2.84. The van der Waals surface area contributed by atoms with Gasteiger partial charge in [-0.1, -0.05) is 24.8 Å². The number of ether oxygens (including phenoxy) is 1. The minimum atomic E-state index is -0.990. The Morgan fingerprint density at radius 2 is 2.04 bits per heavy atom. The Morgan fingerprint density at radius 3 is 2.57 bits per heavy atom. The molecule has 0 saturated carbocycles. The summed E-state index contributed by atoms with van der Waals surface area (Å²) in [6.45, 7) is 6.21. The highest BCUT2D eigenvalue weighted by atomic mass is 16.5. The Labute approximate surface area is 135 Å². The van der Waals surface area contributed by atoms with Crippen LogP contribution >= 0.6 is 0 Å². The SMILES string of the molecule is C=C1NN(CC)C(=O)[C@@H]1[C@H](c1ccccc1OC)C(C#N)C#N. The average Bonchev–Trinajstić information content (AvgIpc) is 2.86. The summed E-state index contributed by atoms with van der Waals surface area (Å²) >= 11 is 0. The monoisotopic (exact) mass is 310 g/mol. The quantitative estimate of drug-likeness (QED) is 0.897. The van der Waals surface area contributed by atoms with Gasteiger partial charge in [0.2, 0.25) is 0 Å². The number of methoxy groups -OCH3 is 1. The van der Waals surface area contributed by atoms with E-state index in [9.17, 15) is 15.3 Å². The number of nitrogens with one attached hydrogen (secondary N) is 1. The van der Waals surface area contributed by atoms with E-state index in [0.29, 0.717) is 23.6 Å². The minimum absolute atomic E-state index is 0.191. The van der Waals surface area contributed by atoms with E-state index in [-0.39, 0.29) is 5.91 Å². The van der Waals surface area contributed by atoms with Gasteiger partial charge in [-0.05, 0) is 13.0 Å². The summed E-state index contributed by atoms with van der Waals surface area (Å²) in [5.74, 6) is -1.97. The molecule has 2 atom stereocenters. The molecule has 1 aliphatic heterocycles. The van der Waals surface area contributed by atoms with Crippen molar-refractivity contribution in [1.82, 2.24) is 10.4 Å². The highest BCUT2D eigenvalue weighted by molar-refractivity contribution is 5.85. The van der Waals surface area contributed by atoms with E-state index in [1.807, 2.05) is 19.1 Å². The fourth-order valence-corrected chi connectivity index (χ4v) is 2.90. The van der Waals surface area contributed by atoms with Crippen LogP contribution in [0, 0.1) is 34.5 Å². The number of nitriles is 2. The Balaban J connectivity index is 2.57. The van der Waals surface area contributed by atoms with Crippen molar-refractivity contribution >= 4 is 5.91 Å². The first-order chi connectivity index (χ1) is 11.1. The van der Waals surface area contributed by atoms with Crippen LogP contribution < -0.4 is 10.2 Å². The third-order valence-corrected chi connectivity index (χ3v) is 4.00. The maximum absolute atomic E-state index is 12.6. The van der Waals surface area contributed by atoms with Crippen molar-refractivity contribution in [3.63, 3.8) is 0 Å². The standard InChI is InChI=1S/C17H18N4O2/c1-4-21-17(22)15(11(2)20-21)16(12(9-18)10-19)13-7-5-6-8-14(13)23-3/h5-8,12,15-16,20H,2,4H2,1,3H3/t15-,16-/m0/s1. The number of carbonyl (C=O) groups excluding carboxylic acids is 1. The van der Waals surface area contributed by atoms with Crippen LogP contribution in [-0.2, 0) is 4.79 Å². The van der Waals surface area contributed by atoms with Gasteiger partial charge in [0.05, 0.1) is 25.2 Å². The smallest absolute Gasteiger partial charge is 0.250 e. The molecular formula is C17H18N4O2. The van der Waals surface area contributed by atoms with Crippen molar-refractivity contribution < 1.29 is 9.53 Å². The maximum Gasteiger partial charge on any atom is 0.250 e. The number of amides is 1. The summed E-state index contributed by atoms with van der Waals surface area (Å²) in [7, 11) is 1.52. The third-order valence-electron chi connectivity index (χ3n) is 4.00. The first-order valence-corrected chi connectivity index (χ1v) is 7.28. The summed E-state index contributed by atoms with van der Waals surface area (Å²) in [5, 5.41) is 20.2. The molecule has 1 N–H and O–H groups in total. The van der Waals surface area contributed by atoms with Crippen LogP contribution in [0.1, 0.15) is 18.4 Å². The summed E-state index contributed by atoms with van der Waals surface area (Å²) in [4.78, 5) is 12.6. The Bertz CT molecular complexity index is 687. The van der Waals surface area contributed by atoms with Gasteiger partial charge in [-0.15, -0.1) is 0 Å². The van der Waals surface area contributed by atoms with E-state index >= 15 is 0 Å². The van der Waals surface area contributed by atoms with E-state index in [1.165, 1.54) is 12.1 Å². The van der Waals surface area contributed by atoms with Crippen molar-refractivity contribution in [3.05, 3.63) is 42.1 Å². The van der Waals surface area contributed by atoms with Crippen LogP contribution in [0.15, 0.2) is 36.5 Å². The zero-order valence-corrected chi connectivity index (χ0v) is 13.1.